The number of carbonyl (C=O) groups excluding carboxylic acids is 1. The molecule has 1 heterocycles. The molecule has 90 valence electrons. The normalized spacial score (nSPS) is 31.4. The zero-order valence-electron chi connectivity index (χ0n) is 9.83. The first-order valence-corrected chi connectivity index (χ1v) is 6.50. The summed E-state index contributed by atoms with van der Waals surface area (Å²) in [5.41, 5.74) is 0.389. The quantitative estimate of drug-likeness (QED) is 0.699. The molecule has 0 N–H and O–H groups in total. The van der Waals surface area contributed by atoms with Crippen molar-refractivity contribution in [3.63, 3.8) is 0 Å². The number of benzene rings is 1. The van der Waals surface area contributed by atoms with Gasteiger partial charge in [-0.3, -0.25) is 4.79 Å². The number of ether oxygens (including phenoxy) is 1. The second-order valence-corrected chi connectivity index (χ2v) is 5.64. The summed E-state index contributed by atoms with van der Waals surface area (Å²) in [7, 11) is 0. The van der Waals surface area contributed by atoms with Crippen LogP contribution in [0.25, 0.3) is 0 Å². The van der Waals surface area contributed by atoms with Crippen molar-refractivity contribution >= 4 is 17.4 Å². The molecule has 1 aromatic rings. The summed E-state index contributed by atoms with van der Waals surface area (Å²) in [5.74, 6) is 1.33. The van der Waals surface area contributed by atoms with Gasteiger partial charge in [-0.1, -0.05) is 18.5 Å². The highest BCUT2D eigenvalue weighted by atomic mass is 35.5. The number of halogens is 1. The van der Waals surface area contributed by atoms with Gasteiger partial charge in [0.05, 0.1) is 12.0 Å². The van der Waals surface area contributed by atoms with E-state index in [1.54, 1.807) is 12.1 Å². The van der Waals surface area contributed by atoms with Gasteiger partial charge in [-0.2, -0.15) is 0 Å². The molecule has 2 nitrogen and oxygen atoms in total. The average molecular weight is 251 g/mol. The molecule has 3 rings (SSSR count). The van der Waals surface area contributed by atoms with Crippen molar-refractivity contribution < 1.29 is 9.53 Å². The first-order chi connectivity index (χ1) is 8.11. The number of hydrogen-bond donors (Lipinski definition) is 0. The molecule has 0 aromatic heterocycles. The lowest BCUT2D eigenvalue weighted by molar-refractivity contribution is 0.0179. The van der Waals surface area contributed by atoms with Crippen LogP contribution in [0.15, 0.2) is 18.2 Å². The molecule has 1 aromatic carbocycles. The molecule has 1 aliphatic carbocycles. The van der Waals surface area contributed by atoms with E-state index in [2.05, 4.69) is 6.92 Å². The lowest BCUT2D eigenvalue weighted by Gasteiger charge is -2.38. The maximum absolute atomic E-state index is 12.2. The van der Waals surface area contributed by atoms with Gasteiger partial charge >= 0.3 is 0 Å². The van der Waals surface area contributed by atoms with Crippen molar-refractivity contribution in [3.8, 4) is 5.75 Å². The van der Waals surface area contributed by atoms with E-state index in [4.69, 9.17) is 16.3 Å². The van der Waals surface area contributed by atoms with Crippen molar-refractivity contribution in [1.29, 1.82) is 0 Å². The van der Waals surface area contributed by atoms with Crippen molar-refractivity contribution in [2.24, 2.45) is 5.92 Å². The van der Waals surface area contributed by atoms with E-state index in [-0.39, 0.29) is 11.4 Å². The molecule has 1 aliphatic heterocycles. The Hall–Kier alpha value is -1.02. The summed E-state index contributed by atoms with van der Waals surface area (Å²) < 4.78 is 6.14. The highest BCUT2D eigenvalue weighted by molar-refractivity contribution is 6.31. The third kappa shape index (κ3) is 1.66. The molecule has 0 saturated heterocycles. The highest BCUT2D eigenvalue weighted by Gasteiger charge is 2.47. The Labute approximate surface area is 106 Å². The van der Waals surface area contributed by atoms with Crippen molar-refractivity contribution in [3.05, 3.63) is 28.8 Å². The maximum Gasteiger partial charge on any atom is 0.170 e. The third-order valence-electron chi connectivity index (χ3n) is 4.15. The topological polar surface area (TPSA) is 26.3 Å². The van der Waals surface area contributed by atoms with Crippen LogP contribution >= 0.6 is 11.6 Å². The predicted molar refractivity (Wildman–Crippen MR) is 66.8 cm³/mol. The van der Waals surface area contributed by atoms with Crippen molar-refractivity contribution in [2.45, 2.75) is 38.2 Å². The fourth-order valence-electron chi connectivity index (χ4n) is 3.06. The molecule has 0 amide bonds. The Kier molecular flexibility index (Phi) is 2.44. The third-order valence-corrected chi connectivity index (χ3v) is 4.39. The van der Waals surface area contributed by atoms with Crippen LogP contribution in [-0.4, -0.2) is 11.4 Å². The van der Waals surface area contributed by atoms with Gasteiger partial charge in [0.2, 0.25) is 0 Å². The number of rotatable bonds is 0. The Morgan fingerprint density at radius 3 is 3.00 bits per heavy atom. The standard InChI is InChI=1S/C14H15ClO2/c1-9-3-2-6-14(9)8-12(16)11-7-10(15)4-5-13(11)17-14/h4-5,7,9H,2-3,6,8H2,1H3. The molecule has 17 heavy (non-hydrogen) atoms. The zero-order valence-corrected chi connectivity index (χ0v) is 10.6. The minimum Gasteiger partial charge on any atom is -0.486 e. The van der Waals surface area contributed by atoms with Gasteiger partial charge in [-0.15, -0.1) is 0 Å². The monoisotopic (exact) mass is 250 g/mol. The molecule has 1 fully saturated rings. The zero-order chi connectivity index (χ0) is 12.0. The van der Waals surface area contributed by atoms with Crippen molar-refractivity contribution in [1.82, 2.24) is 0 Å². The summed E-state index contributed by atoms with van der Waals surface area (Å²) in [6.07, 6.45) is 3.79. The fourth-order valence-corrected chi connectivity index (χ4v) is 3.23. The van der Waals surface area contributed by atoms with E-state index in [1.807, 2.05) is 6.07 Å². The Morgan fingerprint density at radius 2 is 2.29 bits per heavy atom. The first-order valence-electron chi connectivity index (χ1n) is 6.12. The van der Waals surface area contributed by atoms with Crippen LogP contribution in [0.3, 0.4) is 0 Å². The van der Waals surface area contributed by atoms with E-state index in [9.17, 15) is 4.79 Å². The van der Waals surface area contributed by atoms with Gasteiger partial charge in [0.1, 0.15) is 11.4 Å². The van der Waals surface area contributed by atoms with E-state index in [0.717, 1.165) is 19.3 Å². The van der Waals surface area contributed by atoms with Crippen LogP contribution in [0, 0.1) is 5.92 Å². The van der Waals surface area contributed by atoms with Gasteiger partial charge in [-0.25, -0.2) is 0 Å². The van der Waals surface area contributed by atoms with Crippen LogP contribution in [0.5, 0.6) is 5.75 Å². The molecule has 1 saturated carbocycles. The Bertz CT molecular complexity index is 483. The summed E-state index contributed by atoms with van der Waals surface area (Å²) >= 11 is 5.91. The van der Waals surface area contributed by atoms with Gasteiger partial charge in [-0.05, 0) is 43.4 Å². The summed E-state index contributed by atoms with van der Waals surface area (Å²) in [6, 6.07) is 5.32. The molecular weight excluding hydrogens is 236 g/mol. The van der Waals surface area contributed by atoms with Gasteiger partial charge in [0.25, 0.3) is 0 Å². The fraction of sp³-hybridized carbons (Fsp3) is 0.500. The average Bonchev–Trinajstić information content (AvgIpc) is 2.62. The SMILES string of the molecule is CC1CCCC12CC(=O)c1cc(Cl)ccc1O2. The van der Waals surface area contributed by atoms with E-state index >= 15 is 0 Å². The molecule has 1 spiro atoms. The summed E-state index contributed by atoms with van der Waals surface area (Å²) in [4.78, 5) is 12.2. The highest BCUT2D eigenvalue weighted by Crippen LogP contribution is 2.46. The van der Waals surface area contributed by atoms with Crippen LogP contribution in [0.4, 0.5) is 0 Å². The minimum absolute atomic E-state index is 0.169. The minimum atomic E-state index is -0.252. The Morgan fingerprint density at radius 1 is 1.47 bits per heavy atom. The maximum atomic E-state index is 12.2. The van der Waals surface area contributed by atoms with Gasteiger partial charge < -0.3 is 4.74 Å². The number of hydrogen-bond acceptors (Lipinski definition) is 2. The van der Waals surface area contributed by atoms with Gasteiger partial charge in [0, 0.05) is 5.02 Å². The number of ketones is 1. The summed E-state index contributed by atoms with van der Waals surface area (Å²) in [5, 5.41) is 0.594. The van der Waals surface area contributed by atoms with Crippen LogP contribution in [0.2, 0.25) is 5.02 Å². The van der Waals surface area contributed by atoms with Crippen molar-refractivity contribution in [2.75, 3.05) is 0 Å². The smallest absolute Gasteiger partial charge is 0.170 e. The predicted octanol–water partition coefficient (Wildman–Crippen LogP) is 3.86. The van der Waals surface area contributed by atoms with Crippen LogP contribution in [0.1, 0.15) is 43.0 Å². The van der Waals surface area contributed by atoms with E-state index in [1.165, 1.54) is 0 Å². The number of carbonyl (C=O) groups is 1. The molecular formula is C14H15ClO2. The molecule has 2 unspecified atom stereocenters. The lowest BCUT2D eigenvalue weighted by Crippen LogP contribution is -2.44. The molecule has 2 atom stereocenters. The van der Waals surface area contributed by atoms with Crippen LogP contribution in [-0.2, 0) is 0 Å². The molecule has 0 bridgehead atoms. The molecule has 3 heteroatoms. The molecule has 0 radical (unpaired) electrons. The number of Topliss-reactive ketones (excluding diaryl/α,β-unsaturated/α-hetero) is 1. The number of fused-ring (bicyclic) bond motifs is 1. The Balaban J connectivity index is 2.04. The second kappa shape index (κ2) is 3.74. The first kappa shape index (κ1) is 11.1. The second-order valence-electron chi connectivity index (χ2n) is 5.20. The largest absolute Gasteiger partial charge is 0.486 e. The molecule has 2 aliphatic rings. The summed E-state index contributed by atoms with van der Waals surface area (Å²) in [6.45, 7) is 2.18. The van der Waals surface area contributed by atoms with E-state index in [0.29, 0.717) is 28.7 Å². The van der Waals surface area contributed by atoms with Gasteiger partial charge in [0.15, 0.2) is 5.78 Å². The van der Waals surface area contributed by atoms with E-state index < -0.39 is 0 Å². The lowest BCUT2D eigenvalue weighted by atomic mass is 9.83. The van der Waals surface area contributed by atoms with Crippen LogP contribution < -0.4 is 4.74 Å².